The quantitative estimate of drug-likeness (QED) is 0.795. The molecule has 1 aromatic rings. The van der Waals surface area contributed by atoms with Crippen LogP contribution in [0.3, 0.4) is 0 Å². The average molecular weight is 195 g/mol. The Labute approximate surface area is 84.4 Å². The molecular weight excluding hydrogens is 178 g/mol. The number of furan rings is 1. The van der Waals surface area contributed by atoms with E-state index in [2.05, 4.69) is 5.32 Å². The molecule has 0 radical (unpaired) electrons. The third kappa shape index (κ3) is 1.99. The topological polar surface area (TPSA) is 34.4 Å². The standard InChI is InChI=1S/C11H17NO2/c1-13-11(4-6-12-7-5-11)9-10-3-2-8-14-10/h2-3,8,12H,4-7,9H2,1H3. The molecule has 0 amide bonds. The van der Waals surface area contributed by atoms with E-state index in [1.165, 1.54) is 0 Å². The number of hydrogen-bond donors (Lipinski definition) is 1. The summed E-state index contributed by atoms with van der Waals surface area (Å²) in [7, 11) is 1.80. The highest BCUT2D eigenvalue weighted by Crippen LogP contribution is 2.27. The van der Waals surface area contributed by atoms with Crippen molar-refractivity contribution in [2.75, 3.05) is 20.2 Å². The van der Waals surface area contributed by atoms with Gasteiger partial charge < -0.3 is 14.5 Å². The Bertz CT molecular complexity index is 263. The van der Waals surface area contributed by atoms with E-state index in [4.69, 9.17) is 9.15 Å². The van der Waals surface area contributed by atoms with Crippen LogP contribution < -0.4 is 5.32 Å². The Morgan fingerprint density at radius 1 is 1.50 bits per heavy atom. The Morgan fingerprint density at radius 3 is 2.86 bits per heavy atom. The van der Waals surface area contributed by atoms with Crippen molar-refractivity contribution in [2.45, 2.75) is 24.9 Å². The van der Waals surface area contributed by atoms with Gasteiger partial charge in [0.25, 0.3) is 0 Å². The lowest BCUT2D eigenvalue weighted by Crippen LogP contribution is -2.44. The van der Waals surface area contributed by atoms with Crippen LogP contribution in [-0.2, 0) is 11.2 Å². The van der Waals surface area contributed by atoms with Crippen molar-refractivity contribution in [1.29, 1.82) is 0 Å². The van der Waals surface area contributed by atoms with E-state index in [1.807, 2.05) is 12.1 Å². The molecule has 1 aliphatic rings. The van der Waals surface area contributed by atoms with E-state index in [1.54, 1.807) is 13.4 Å². The molecule has 1 fully saturated rings. The van der Waals surface area contributed by atoms with Crippen molar-refractivity contribution in [3.05, 3.63) is 24.2 Å². The largest absolute Gasteiger partial charge is 0.469 e. The summed E-state index contributed by atoms with van der Waals surface area (Å²) in [6.07, 6.45) is 4.73. The molecule has 0 saturated carbocycles. The van der Waals surface area contributed by atoms with Gasteiger partial charge >= 0.3 is 0 Å². The summed E-state index contributed by atoms with van der Waals surface area (Å²) in [5.74, 6) is 1.02. The normalized spacial score (nSPS) is 20.9. The van der Waals surface area contributed by atoms with Crippen LogP contribution >= 0.6 is 0 Å². The van der Waals surface area contributed by atoms with Gasteiger partial charge in [0.05, 0.1) is 11.9 Å². The summed E-state index contributed by atoms with van der Waals surface area (Å²) in [4.78, 5) is 0. The second-order valence-electron chi connectivity index (χ2n) is 3.89. The fourth-order valence-corrected chi connectivity index (χ4v) is 2.07. The van der Waals surface area contributed by atoms with E-state index in [9.17, 15) is 0 Å². The number of rotatable bonds is 3. The SMILES string of the molecule is COC1(Cc2ccco2)CCNCC1. The van der Waals surface area contributed by atoms with Crippen molar-refractivity contribution in [2.24, 2.45) is 0 Å². The Morgan fingerprint density at radius 2 is 2.29 bits per heavy atom. The number of hydrogen-bond acceptors (Lipinski definition) is 3. The average Bonchev–Trinajstić information content (AvgIpc) is 2.72. The minimum absolute atomic E-state index is 0.0108. The van der Waals surface area contributed by atoms with Crippen molar-refractivity contribution in [1.82, 2.24) is 5.32 Å². The third-order valence-electron chi connectivity index (χ3n) is 3.02. The van der Waals surface area contributed by atoms with Gasteiger partial charge in [-0.05, 0) is 38.1 Å². The van der Waals surface area contributed by atoms with E-state index >= 15 is 0 Å². The van der Waals surface area contributed by atoms with Crippen molar-refractivity contribution in [3.8, 4) is 0 Å². The van der Waals surface area contributed by atoms with Crippen LogP contribution in [0.5, 0.6) is 0 Å². The van der Waals surface area contributed by atoms with Crippen LogP contribution in [0.1, 0.15) is 18.6 Å². The molecule has 0 unspecified atom stereocenters. The molecule has 14 heavy (non-hydrogen) atoms. The summed E-state index contributed by atoms with van der Waals surface area (Å²) in [6, 6.07) is 3.95. The summed E-state index contributed by atoms with van der Waals surface area (Å²) < 4.78 is 11.0. The molecule has 0 atom stereocenters. The van der Waals surface area contributed by atoms with Crippen LogP contribution in [0.25, 0.3) is 0 Å². The van der Waals surface area contributed by atoms with Gasteiger partial charge in [-0.2, -0.15) is 0 Å². The number of methoxy groups -OCH3 is 1. The summed E-state index contributed by atoms with van der Waals surface area (Å²) in [5.41, 5.74) is -0.0108. The Balaban J connectivity index is 2.04. The Kier molecular flexibility index (Phi) is 2.89. The lowest BCUT2D eigenvalue weighted by molar-refractivity contribution is -0.0366. The number of nitrogens with one attached hydrogen (secondary N) is 1. The fourth-order valence-electron chi connectivity index (χ4n) is 2.07. The van der Waals surface area contributed by atoms with Crippen LogP contribution in [0.2, 0.25) is 0 Å². The zero-order valence-electron chi connectivity index (χ0n) is 8.58. The molecule has 2 heterocycles. The van der Waals surface area contributed by atoms with Gasteiger partial charge in [0, 0.05) is 13.5 Å². The van der Waals surface area contributed by atoms with Gasteiger partial charge in [0.1, 0.15) is 5.76 Å². The van der Waals surface area contributed by atoms with E-state index < -0.39 is 0 Å². The van der Waals surface area contributed by atoms with Gasteiger partial charge in [-0.3, -0.25) is 0 Å². The lowest BCUT2D eigenvalue weighted by atomic mass is 9.88. The van der Waals surface area contributed by atoms with E-state index in [0.29, 0.717) is 0 Å². The number of piperidine rings is 1. The van der Waals surface area contributed by atoms with Crippen LogP contribution in [-0.4, -0.2) is 25.8 Å². The second-order valence-corrected chi connectivity index (χ2v) is 3.89. The summed E-state index contributed by atoms with van der Waals surface area (Å²) in [5, 5.41) is 3.34. The maximum Gasteiger partial charge on any atom is 0.106 e. The zero-order chi connectivity index (χ0) is 9.86. The maximum absolute atomic E-state index is 5.65. The third-order valence-corrected chi connectivity index (χ3v) is 3.02. The fraction of sp³-hybridized carbons (Fsp3) is 0.636. The second kappa shape index (κ2) is 4.15. The van der Waals surface area contributed by atoms with Crippen molar-refractivity contribution >= 4 is 0 Å². The molecule has 0 aliphatic carbocycles. The molecule has 1 aromatic heterocycles. The molecular formula is C11H17NO2. The van der Waals surface area contributed by atoms with E-state index in [0.717, 1.165) is 38.1 Å². The minimum Gasteiger partial charge on any atom is -0.469 e. The first-order chi connectivity index (χ1) is 6.85. The smallest absolute Gasteiger partial charge is 0.106 e. The molecule has 0 spiro atoms. The first-order valence-electron chi connectivity index (χ1n) is 5.13. The van der Waals surface area contributed by atoms with Crippen LogP contribution in [0.4, 0.5) is 0 Å². The maximum atomic E-state index is 5.65. The highest BCUT2D eigenvalue weighted by molar-refractivity contribution is 5.04. The van der Waals surface area contributed by atoms with Gasteiger partial charge in [-0.15, -0.1) is 0 Å². The summed E-state index contributed by atoms with van der Waals surface area (Å²) in [6.45, 7) is 2.07. The molecule has 1 saturated heterocycles. The van der Waals surface area contributed by atoms with Crippen molar-refractivity contribution in [3.63, 3.8) is 0 Å². The van der Waals surface area contributed by atoms with Gasteiger partial charge in [-0.25, -0.2) is 0 Å². The molecule has 3 heteroatoms. The molecule has 1 aliphatic heterocycles. The highest BCUT2D eigenvalue weighted by atomic mass is 16.5. The van der Waals surface area contributed by atoms with E-state index in [-0.39, 0.29) is 5.60 Å². The van der Waals surface area contributed by atoms with Crippen LogP contribution in [0, 0.1) is 0 Å². The van der Waals surface area contributed by atoms with Crippen LogP contribution in [0.15, 0.2) is 22.8 Å². The van der Waals surface area contributed by atoms with Gasteiger partial charge in [-0.1, -0.05) is 0 Å². The molecule has 0 bridgehead atoms. The predicted octanol–water partition coefficient (Wildman–Crippen LogP) is 1.59. The van der Waals surface area contributed by atoms with Crippen molar-refractivity contribution < 1.29 is 9.15 Å². The highest BCUT2D eigenvalue weighted by Gasteiger charge is 2.32. The molecule has 78 valence electrons. The Hall–Kier alpha value is -0.800. The first kappa shape index (κ1) is 9.74. The summed E-state index contributed by atoms with van der Waals surface area (Å²) >= 11 is 0. The predicted molar refractivity (Wildman–Crippen MR) is 54.3 cm³/mol. The lowest BCUT2D eigenvalue weighted by Gasteiger charge is -2.35. The van der Waals surface area contributed by atoms with Gasteiger partial charge in [0.15, 0.2) is 0 Å². The minimum atomic E-state index is -0.0108. The molecule has 2 rings (SSSR count). The first-order valence-corrected chi connectivity index (χ1v) is 5.13. The molecule has 3 nitrogen and oxygen atoms in total. The number of ether oxygens (including phenoxy) is 1. The van der Waals surface area contributed by atoms with Gasteiger partial charge in [0.2, 0.25) is 0 Å². The zero-order valence-corrected chi connectivity index (χ0v) is 8.58. The monoisotopic (exact) mass is 195 g/mol. The molecule has 0 aromatic carbocycles. The molecule has 1 N–H and O–H groups in total.